The molecule has 0 aromatic heterocycles. The molecular formula is C19H21FN2O3. The number of hydrogen-bond acceptors (Lipinski definition) is 3. The lowest BCUT2D eigenvalue weighted by Crippen LogP contribution is -2.38. The van der Waals surface area contributed by atoms with Gasteiger partial charge in [0.15, 0.2) is 0 Å². The molecule has 2 rings (SSSR count). The summed E-state index contributed by atoms with van der Waals surface area (Å²) in [6, 6.07) is 12.0. The molecule has 1 atom stereocenters. The molecule has 2 N–H and O–H groups in total. The smallest absolute Gasteiger partial charge is 0.335 e. The summed E-state index contributed by atoms with van der Waals surface area (Å²) in [5.41, 5.74) is 1.75. The molecule has 0 saturated heterocycles. The van der Waals surface area contributed by atoms with Crippen LogP contribution in [-0.2, 0) is 11.2 Å². The molecule has 0 saturated carbocycles. The van der Waals surface area contributed by atoms with Crippen LogP contribution in [0.2, 0.25) is 0 Å². The molecule has 6 heteroatoms. The molecule has 5 nitrogen and oxygen atoms in total. The van der Waals surface area contributed by atoms with Crippen LogP contribution in [0, 0.1) is 5.82 Å². The van der Waals surface area contributed by atoms with Gasteiger partial charge in [0.1, 0.15) is 11.9 Å². The summed E-state index contributed by atoms with van der Waals surface area (Å²) in [5, 5.41) is 11.7. The Morgan fingerprint density at radius 1 is 1.16 bits per heavy atom. The second-order valence-electron chi connectivity index (χ2n) is 5.96. The highest BCUT2D eigenvalue weighted by Gasteiger charge is 2.22. The molecule has 0 bridgehead atoms. The van der Waals surface area contributed by atoms with Gasteiger partial charge in [-0.1, -0.05) is 24.3 Å². The highest BCUT2D eigenvalue weighted by molar-refractivity contribution is 5.87. The number of carbonyl (C=O) groups is 2. The fourth-order valence-corrected chi connectivity index (χ4v) is 2.60. The molecule has 0 aliphatic rings. The third-order valence-corrected chi connectivity index (χ3v) is 3.84. The number of carboxylic acids is 1. The maximum absolute atomic E-state index is 13.4. The predicted octanol–water partition coefficient (Wildman–Crippen LogP) is 2.49. The second-order valence-corrected chi connectivity index (χ2v) is 5.96. The van der Waals surface area contributed by atoms with E-state index in [0.717, 1.165) is 5.56 Å². The fraction of sp³-hybridized carbons (Fsp3) is 0.263. The van der Waals surface area contributed by atoms with Crippen LogP contribution in [0.4, 0.5) is 4.39 Å². The van der Waals surface area contributed by atoms with Crippen LogP contribution in [0.5, 0.6) is 0 Å². The van der Waals surface area contributed by atoms with Gasteiger partial charge in [0.05, 0.1) is 5.56 Å². The van der Waals surface area contributed by atoms with Gasteiger partial charge in [-0.25, -0.2) is 9.18 Å². The van der Waals surface area contributed by atoms with Gasteiger partial charge in [-0.15, -0.1) is 0 Å². The normalized spacial score (nSPS) is 12.0. The number of carbonyl (C=O) groups excluding carboxylic acids is 1. The average molecular weight is 344 g/mol. The van der Waals surface area contributed by atoms with Gasteiger partial charge >= 0.3 is 5.97 Å². The number of likely N-dealkylation sites (N-methyl/N-ethyl adjacent to an activating group) is 1. The third kappa shape index (κ3) is 5.12. The van der Waals surface area contributed by atoms with Crippen molar-refractivity contribution < 1.29 is 19.1 Å². The first-order valence-electron chi connectivity index (χ1n) is 7.90. The Hall–Kier alpha value is -2.73. The lowest BCUT2D eigenvalue weighted by Gasteiger charge is -2.24. The van der Waals surface area contributed by atoms with Gasteiger partial charge in [-0.05, 0) is 55.9 Å². The second kappa shape index (κ2) is 8.39. The number of nitrogens with zero attached hydrogens (tertiary/aromatic N) is 1. The topological polar surface area (TPSA) is 69.6 Å². The quantitative estimate of drug-likeness (QED) is 0.810. The van der Waals surface area contributed by atoms with E-state index in [1.165, 1.54) is 24.3 Å². The minimum Gasteiger partial charge on any atom is -0.478 e. The first-order chi connectivity index (χ1) is 11.9. The van der Waals surface area contributed by atoms with Gasteiger partial charge in [0, 0.05) is 6.54 Å². The minimum atomic E-state index is -0.969. The van der Waals surface area contributed by atoms with E-state index in [1.807, 2.05) is 0 Å². The lowest BCUT2D eigenvalue weighted by atomic mass is 10.0. The molecule has 0 heterocycles. The standard InChI is InChI=1S/C19H21FN2O3/c1-22(2)17(15-4-3-5-16(20)12-15)18(23)21-11-10-13-6-8-14(9-7-13)19(24)25/h3-9,12,17H,10-11H2,1-2H3,(H,21,23)(H,24,25)/t17-/m1/s1. The van der Waals surface area contributed by atoms with Crippen molar-refractivity contribution in [3.63, 3.8) is 0 Å². The highest BCUT2D eigenvalue weighted by Crippen LogP contribution is 2.19. The first-order valence-corrected chi connectivity index (χ1v) is 7.90. The van der Waals surface area contributed by atoms with Crippen molar-refractivity contribution in [2.75, 3.05) is 20.6 Å². The summed E-state index contributed by atoms with van der Waals surface area (Å²) in [5.74, 6) is -1.56. The summed E-state index contributed by atoms with van der Waals surface area (Å²) in [6.07, 6.45) is 0.578. The molecule has 0 spiro atoms. The Labute approximate surface area is 146 Å². The van der Waals surface area contributed by atoms with Crippen LogP contribution >= 0.6 is 0 Å². The summed E-state index contributed by atoms with van der Waals surface area (Å²) < 4.78 is 13.4. The molecular weight excluding hydrogens is 323 g/mol. The van der Waals surface area contributed by atoms with Gasteiger partial charge in [0.2, 0.25) is 5.91 Å². The summed E-state index contributed by atoms with van der Waals surface area (Å²) in [4.78, 5) is 25.0. The Morgan fingerprint density at radius 3 is 2.40 bits per heavy atom. The van der Waals surface area contributed by atoms with E-state index in [0.29, 0.717) is 18.5 Å². The average Bonchev–Trinajstić information content (AvgIpc) is 2.55. The monoisotopic (exact) mass is 344 g/mol. The zero-order valence-electron chi connectivity index (χ0n) is 14.2. The van der Waals surface area contributed by atoms with E-state index in [9.17, 15) is 14.0 Å². The van der Waals surface area contributed by atoms with Crippen molar-refractivity contribution in [3.8, 4) is 0 Å². The van der Waals surface area contributed by atoms with E-state index in [4.69, 9.17) is 5.11 Å². The minimum absolute atomic E-state index is 0.210. The van der Waals surface area contributed by atoms with Crippen molar-refractivity contribution in [3.05, 3.63) is 71.0 Å². The number of benzene rings is 2. The van der Waals surface area contributed by atoms with Crippen molar-refractivity contribution in [2.45, 2.75) is 12.5 Å². The summed E-state index contributed by atoms with van der Waals surface area (Å²) in [6.45, 7) is 0.408. The number of rotatable bonds is 7. The van der Waals surface area contributed by atoms with Crippen molar-refractivity contribution in [1.82, 2.24) is 10.2 Å². The maximum Gasteiger partial charge on any atom is 0.335 e. The molecule has 0 aliphatic heterocycles. The molecule has 0 unspecified atom stereocenters. The number of carboxylic acid groups (broad SMARTS) is 1. The summed E-state index contributed by atoms with van der Waals surface area (Å²) >= 11 is 0. The van der Waals surface area contributed by atoms with Crippen LogP contribution in [0.3, 0.4) is 0 Å². The molecule has 0 aliphatic carbocycles. The fourth-order valence-electron chi connectivity index (χ4n) is 2.60. The number of hydrogen-bond donors (Lipinski definition) is 2. The van der Waals surface area contributed by atoms with E-state index in [1.54, 1.807) is 43.3 Å². The van der Waals surface area contributed by atoms with Gasteiger partial charge in [0.25, 0.3) is 0 Å². The molecule has 2 aromatic rings. The first kappa shape index (κ1) is 18.6. The van der Waals surface area contributed by atoms with E-state index in [2.05, 4.69) is 5.32 Å². The number of aromatic carboxylic acids is 1. The highest BCUT2D eigenvalue weighted by atomic mass is 19.1. The Kier molecular flexibility index (Phi) is 6.25. The van der Waals surface area contributed by atoms with Crippen LogP contribution in [0.25, 0.3) is 0 Å². The van der Waals surface area contributed by atoms with Gasteiger partial charge in [-0.3, -0.25) is 9.69 Å². The Morgan fingerprint density at radius 2 is 1.84 bits per heavy atom. The van der Waals surface area contributed by atoms with Crippen LogP contribution in [0.1, 0.15) is 27.5 Å². The number of amides is 1. The molecule has 25 heavy (non-hydrogen) atoms. The zero-order valence-corrected chi connectivity index (χ0v) is 14.2. The van der Waals surface area contributed by atoms with E-state index >= 15 is 0 Å². The van der Waals surface area contributed by atoms with E-state index in [-0.39, 0.29) is 17.3 Å². The Bertz CT molecular complexity index is 745. The van der Waals surface area contributed by atoms with Crippen LogP contribution < -0.4 is 5.32 Å². The molecule has 132 valence electrons. The third-order valence-electron chi connectivity index (χ3n) is 3.84. The lowest BCUT2D eigenvalue weighted by molar-refractivity contribution is -0.125. The molecule has 0 radical (unpaired) electrons. The van der Waals surface area contributed by atoms with E-state index < -0.39 is 12.0 Å². The van der Waals surface area contributed by atoms with Crippen molar-refractivity contribution in [1.29, 1.82) is 0 Å². The predicted molar refractivity (Wildman–Crippen MR) is 92.9 cm³/mol. The van der Waals surface area contributed by atoms with Gasteiger partial charge in [-0.2, -0.15) is 0 Å². The SMILES string of the molecule is CN(C)[C@@H](C(=O)NCCc1ccc(C(=O)O)cc1)c1cccc(F)c1. The molecule has 0 fully saturated rings. The zero-order chi connectivity index (χ0) is 18.4. The largest absolute Gasteiger partial charge is 0.478 e. The number of nitrogens with one attached hydrogen (secondary N) is 1. The molecule has 1 amide bonds. The van der Waals surface area contributed by atoms with Gasteiger partial charge < -0.3 is 10.4 Å². The summed E-state index contributed by atoms with van der Waals surface area (Å²) in [7, 11) is 3.53. The van der Waals surface area contributed by atoms with Crippen molar-refractivity contribution in [2.24, 2.45) is 0 Å². The van der Waals surface area contributed by atoms with Crippen LogP contribution in [-0.4, -0.2) is 42.5 Å². The van der Waals surface area contributed by atoms with Crippen molar-refractivity contribution >= 4 is 11.9 Å². The Balaban J connectivity index is 1.96. The number of halogens is 1. The molecule has 2 aromatic carbocycles. The maximum atomic E-state index is 13.4. The van der Waals surface area contributed by atoms with Crippen LogP contribution in [0.15, 0.2) is 48.5 Å².